The van der Waals surface area contributed by atoms with Gasteiger partial charge in [0, 0.05) is 23.9 Å². The first kappa shape index (κ1) is 22.1. The van der Waals surface area contributed by atoms with Crippen molar-refractivity contribution in [3.8, 4) is 28.4 Å². The predicted octanol–water partition coefficient (Wildman–Crippen LogP) is 5.33. The second-order valence-corrected chi connectivity index (χ2v) is 9.02. The fraction of sp³-hybridized carbons (Fsp3) is 0.185. The summed E-state index contributed by atoms with van der Waals surface area (Å²) in [5, 5.41) is 4.82. The number of carbonyl (C=O) groups excluding carboxylic acids is 1. The van der Waals surface area contributed by atoms with Gasteiger partial charge in [0.25, 0.3) is 0 Å². The number of amides is 1. The number of carbonyl (C=O) groups is 1. The highest BCUT2D eigenvalue weighted by Crippen LogP contribution is 2.44. The summed E-state index contributed by atoms with van der Waals surface area (Å²) in [6.45, 7) is 0.555. The number of nitrogens with zero attached hydrogens (tertiary/aromatic N) is 3. The summed E-state index contributed by atoms with van der Waals surface area (Å²) < 4.78 is 12.8. The molecular weight excluding hydrogens is 446 g/mol. The number of aromatic nitrogens is 2. The Labute approximate surface area is 203 Å². The first-order chi connectivity index (χ1) is 16.7. The van der Waals surface area contributed by atoms with E-state index >= 15 is 0 Å². The van der Waals surface area contributed by atoms with Gasteiger partial charge >= 0.3 is 0 Å². The number of rotatable bonds is 7. The molecule has 6 nitrogen and oxygen atoms in total. The molecule has 34 heavy (non-hydrogen) atoms. The molecule has 1 aromatic heterocycles. The van der Waals surface area contributed by atoms with Crippen LogP contribution >= 0.6 is 11.8 Å². The van der Waals surface area contributed by atoms with Crippen LogP contribution in [0.3, 0.4) is 0 Å². The van der Waals surface area contributed by atoms with Crippen LogP contribution in [0, 0.1) is 0 Å². The fourth-order valence-corrected chi connectivity index (χ4v) is 5.34. The van der Waals surface area contributed by atoms with Crippen LogP contribution in [0.2, 0.25) is 0 Å². The largest absolute Gasteiger partial charge is 0.493 e. The van der Waals surface area contributed by atoms with Crippen molar-refractivity contribution < 1.29 is 14.3 Å². The van der Waals surface area contributed by atoms with Crippen LogP contribution < -0.4 is 9.47 Å². The van der Waals surface area contributed by atoms with Crippen molar-refractivity contribution in [2.24, 2.45) is 0 Å². The lowest BCUT2D eigenvalue weighted by molar-refractivity contribution is -0.128. The van der Waals surface area contributed by atoms with E-state index in [4.69, 9.17) is 14.6 Å². The quantitative estimate of drug-likeness (QED) is 0.365. The fourth-order valence-electron chi connectivity index (χ4n) is 4.15. The second kappa shape index (κ2) is 9.65. The third-order valence-electron chi connectivity index (χ3n) is 5.85. The molecule has 1 saturated heterocycles. The van der Waals surface area contributed by atoms with Gasteiger partial charge in [-0.05, 0) is 35.9 Å². The Morgan fingerprint density at radius 2 is 1.65 bits per heavy atom. The Kier molecular flexibility index (Phi) is 6.27. The van der Waals surface area contributed by atoms with E-state index in [1.165, 1.54) is 0 Å². The molecule has 1 atom stereocenters. The third kappa shape index (κ3) is 4.26. The van der Waals surface area contributed by atoms with Gasteiger partial charge in [-0.1, -0.05) is 48.5 Å². The second-order valence-electron chi connectivity index (χ2n) is 7.95. The van der Waals surface area contributed by atoms with Crippen molar-refractivity contribution in [2.45, 2.75) is 11.9 Å². The van der Waals surface area contributed by atoms with Gasteiger partial charge in [0.1, 0.15) is 5.37 Å². The van der Waals surface area contributed by atoms with Crippen LogP contribution in [0.15, 0.2) is 85.1 Å². The lowest BCUT2D eigenvalue weighted by Crippen LogP contribution is -2.27. The van der Waals surface area contributed by atoms with Gasteiger partial charge in [-0.2, -0.15) is 5.10 Å². The van der Waals surface area contributed by atoms with E-state index < -0.39 is 0 Å². The van der Waals surface area contributed by atoms with Gasteiger partial charge in [0.2, 0.25) is 5.91 Å². The molecule has 0 radical (unpaired) electrons. The first-order valence-corrected chi connectivity index (χ1v) is 12.0. The van der Waals surface area contributed by atoms with E-state index in [1.54, 1.807) is 26.0 Å². The minimum Gasteiger partial charge on any atom is -0.493 e. The number of thioether (sulfide) groups is 1. The molecule has 1 aliphatic rings. The van der Waals surface area contributed by atoms with Crippen LogP contribution in [0.4, 0.5) is 0 Å². The van der Waals surface area contributed by atoms with E-state index in [1.807, 2.05) is 82.5 Å². The van der Waals surface area contributed by atoms with Crippen LogP contribution in [0.25, 0.3) is 16.9 Å². The third-order valence-corrected chi connectivity index (χ3v) is 7.09. The number of ether oxygens (including phenoxy) is 2. The maximum Gasteiger partial charge on any atom is 0.234 e. The maximum absolute atomic E-state index is 12.9. The maximum atomic E-state index is 12.9. The van der Waals surface area contributed by atoms with Gasteiger partial charge in [-0.15, -0.1) is 11.8 Å². The van der Waals surface area contributed by atoms with Crippen molar-refractivity contribution in [2.75, 3.05) is 20.0 Å². The summed E-state index contributed by atoms with van der Waals surface area (Å²) in [4.78, 5) is 14.9. The van der Waals surface area contributed by atoms with Crippen molar-refractivity contribution in [1.29, 1.82) is 0 Å². The average molecular weight is 472 g/mol. The molecule has 0 unspecified atom stereocenters. The molecular formula is C27H25N3O3S. The highest BCUT2D eigenvalue weighted by atomic mass is 32.2. The molecule has 0 N–H and O–H groups in total. The standard InChI is InChI=1S/C27H25N3O3S/c1-32-23-14-13-20(15-24(23)33-2)26-22(17-30(28-26)21-11-7-4-8-12-21)27-29(25(31)18-34-27)16-19-9-5-3-6-10-19/h3-15,17,27H,16,18H2,1-2H3/t27-/m0/s1. The number of para-hydroxylation sites is 1. The van der Waals surface area contributed by atoms with Crippen LogP contribution in [-0.4, -0.2) is 40.6 Å². The lowest BCUT2D eigenvalue weighted by atomic mass is 10.1. The Hall–Kier alpha value is -3.71. The molecule has 7 heteroatoms. The Balaban J connectivity index is 1.61. The number of hydrogen-bond donors (Lipinski definition) is 0. The number of hydrogen-bond acceptors (Lipinski definition) is 5. The van der Waals surface area contributed by atoms with E-state index in [0.29, 0.717) is 23.8 Å². The Morgan fingerprint density at radius 1 is 0.941 bits per heavy atom. The summed E-state index contributed by atoms with van der Waals surface area (Å²) in [5.41, 5.74) is 4.77. The minimum absolute atomic E-state index is 0.129. The molecule has 1 fully saturated rings. The minimum atomic E-state index is -0.145. The van der Waals surface area contributed by atoms with Crippen molar-refractivity contribution in [3.05, 3.63) is 96.2 Å². The van der Waals surface area contributed by atoms with Gasteiger partial charge in [0.15, 0.2) is 11.5 Å². The van der Waals surface area contributed by atoms with Crippen molar-refractivity contribution in [1.82, 2.24) is 14.7 Å². The highest BCUT2D eigenvalue weighted by Gasteiger charge is 2.36. The van der Waals surface area contributed by atoms with Crippen molar-refractivity contribution >= 4 is 17.7 Å². The normalized spacial score (nSPS) is 15.5. The zero-order chi connectivity index (χ0) is 23.5. The van der Waals surface area contributed by atoms with Gasteiger partial charge in [0.05, 0.1) is 31.4 Å². The van der Waals surface area contributed by atoms with Crippen LogP contribution in [0.1, 0.15) is 16.5 Å². The first-order valence-electron chi connectivity index (χ1n) is 11.0. The summed E-state index contributed by atoms with van der Waals surface area (Å²) in [5.74, 6) is 1.87. The molecule has 172 valence electrons. The topological polar surface area (TPSA) is 56.6 Å². The van der Waals surface area contributed by atoms with E-state index in [-0.39, 0.29) is 11.3 Å². The molecule has 2 heterocycles. The SMILES string of the molecule is COc1ccc(-c2nn(-c3ccccc3)cc2[C@@H]2SCC(=O)N2Cc2ccccc2)cc1OC. The molecule has 0 saturated carbocycles. The predicted molar refractivity (Wildman–Crippen MR) is 134 cm³/mol. The van der Waals surface area contributed by atoms with Crippen molar-refractivity contribution in [3.63, 3.8) is 0 Å². The number of methoxy groups -OCH3 is 2. The van der Waals surface area contributed by atoms with Crippen LogP contribution in [-0.2, 0) is 11.3 Å². The van der Waals surface area contributed by atoms with Gasteiger partial charge in [-0.3, -0.25) is 4.79 Å². The Bertz CT molecular complexity index is 1290. The zero-order valence-corrected chi connectivity index (χ0v) is 19.9. The Morgan fingerprint density at radius 3 is 2.35 bits per heavy atom. The number of benzene rings is 3. The molecule has 0 spiro atoms. The summed E-state index contributed by atoms with van der Waals surface area (Å²) >= 11 is 1.63. The highest BCUT2D eigenvalue weighted by molar-refractivity contribution is 8.00. The molecule has 5 rings (SSSR count). The van der Waals surface area contributed by atoms with Gasteiger partial charge in [-0.25, -0.2) is 4.68 Å². The summed E-state index contributed by atoms with van der Waals surface area (Å²) in [7, 11) is 3.24. The molecule has 0 bridgehead atoms. The molecule has 4 aromatic rings. The molecule has 3 aromatic carbocycles. The lowest BCUT2D eigenvalue weighted by Gasteiger charge is -2.24. The van der Waals surface area contributed by atoms with Crippen LogP contribution in [0.5, 0.6) is 11.5 Å². The molecule has 0 aliphatic carbocycles. The summed E-state index contributed by atoms with van der Waals surface area (Å²) in [6.07, 6.45) is 2.04. The van der Waals surface area contributed by atoms with E-state index in [0.717, 1.165) is 28.1 Å². The zero-order valence-electron chi connectivity index (χ0n) is 19.0. The molecule has 1 aliphatic heterocycles. The van der Waals surface area contributed by atoms with E-state index in [2.05, 4.69) is 12.1 Å². The molecule has 1 amide bonds. The van der Waals surface area contributed by atoms with Gasteiger partial charge < -0.3 is 14.4 Å². The monoisotopic (exact) mass is 471 g/mol. The average Bonchev–Trinajstić information content (AvgIpc) is 3.48. The smallest absolute Gasteiger partial charge is 0.234 e. The summed E-state index contributed by atoms with van der Waals surface area (Å²) in [6, 6.07) is 25.9. The van der Waals surface area contributed by atoms with E-state index in [9.17, 15) is 4.79 Å².